The van der Waals surface area contributed by atoms with Gasteiger partial charge < -0.3 is 14.7 Å². The van der Waals surface area contributed by atoms with Crippen molar-refractivity contribution in [3.05, 3.63) is 47.7 Å². The van der Waals surface area contributed by atoms with E-state index < -0.39 is 17.7 Å². The first-order valence-corrected chi connectivity index (χ1v) is 6.85. The second-order valence-corrected chi connectivity index (χ2v) is 5.13. The zero-order valence-corrected chi connectivity index (χ0v) is 11.9. The summed E-state index contributed by atoms with van der Waals surface area (Å²) in [5, 5.41) is 9.95. The molecule has 22 heavy (non-hydrogen) atoms. The third-order valence-electron chi connectivity index (χ3n) is 3.69. The standard InChI is InChI=1S/C15H15F2N3O2/c1-22-14-4-5-18-15(19-14)20-8-10(21)7-13(20)9-2-3-11(16)12(17)6-9/h2-6,10,13,21H,7-8H2,1H3/t10-,13+/m0/s1. The monoisotopic (exact) mass is 307 g/mol. The number of ether oxygens (including phenoxy) is 1. The Labute approximate surface area is 126 Å². The molecule has 0 bridgehead atoms. The number of methoxy groups -OCH3 is 1. The number of halogens is 2. The summed E-state index contributed by atoms with van der Waals surface area (Å²) in [7, 11) is 1.50. The third-order valence-corrected chi connectivity index (χ3v) is 3.69. The Balaban J connectivity index is 1.96. The molecule has 5 nitrogen and oxygen atoms in total. The van der Waals surface area contributed by atoms with Gasteiger partial charge in [-0.05, 0) is 24.1 Å². The number of nitrogens with zero attached hydrogens (tertiary/aromatic N) is 3. The van der Waals surface area contributed by atoms with Crippen LogP contribution in [0.1, 0.15) is 18.0 Å². The highest BCUT2D eigenvalue weighted by molar-refractivity contribution is 5.40. The van der Waals surface area contributed by atoms with Gasteiger partial charge in [-0.2, -0.15) is 4.98 Å². The van der Waals surface area contributed by atoms with Crippen LogP contribution in [0, 0.1) is 11.6 Å². The number of aliphatic hydroxyl groups is 1. The van der Waals surface area contributed by atoms with E-state index >= 15 is 0 Å². The van der Waals surface area contributed by atoms with Crippen LogP contribution in [0.5, 0.6) is 5.88 Å². The van der Waals surface area contributed by atoms with Crippen LogP contribution >= 0.6 is 0 Å². The number of aliphatic hydroxyl groups excluding tert-OH is 1. The van der Waals surface area contributed by atoms with E-state index in [4.69, 9.17) is 4.74 Å². The SMILES string of the molecule is COc1ccnc(N2C[C@@H](O)C[C@@H]2c2ccc(F)c(F)c2)n1. The zero-order valence-electron chi connectivity index (χ0n) is 11.9. The second kappa shape index (κ2) is 5.84. The van der Waals surface area contributed by atoms with Crippen LogP contribution in [0.15, 0.2) is 30.5 Å². The van der Waals surface area contributed by atoms with E-state index in [1.807, 2.05) is 0 Å². The van der Waals surface area contributed by atoms with E-state index in [-0.39, 0.29) is 6.04 Å². The van der Waals surface area contributed by atoms with Crippen molar-refractivity contribution in [2.45, 2.75) is 18.6 Å². The smallest absolute Gasteiger partial charge is 0.229 e. The summed E-state index contributed by atoms with van der Waals surface area (Å²) in [6.45, 7) is 0.316. The average molecular weight is 307 g/mol. The molecule has 0 saturated carbocycles. The molecule has 1 N–H and O–H groups in total. The van der Waals surface area contributed by atoms with E-state index in [0.717, 1.165) is 12.1 Å². The molecule has 1 fully saturated rings. The highest BCUT2D eigenvalue weighted by Crippen LogP contribution is 2.35. The molecule has 0 spiro atoms. The molecule has 1 aromatic heterocycles. The van der Waals surface area contributed by atoms with Crippen molar-refractivity contribution in [1.29, 1.82) is 0 Å². The number of β-amino-alcohol motifs (C(OH)–C–C–N with tert-alkyl or cyclic N) is 1. The van der Waals surface area contributed by atoms with Gasteiger partial charge in [0.05, 0.1) is 19.3 Å². The minimum Gasteiger partial charge on any atom is -0.481 e. The molecule has 116 valence electrons. The lowest BCUT2D eigenvalue weighted by Crippen LogP contribution is -2.26. The van der Waals surface area contributed by atoms with Gasteiger partial charge in [0.1, 0.15) is 0 Å². The van der Waals surface area contributed by atoms with Crippen molar-refractivity contribution in [1.82, 2.24) is 9.97 Å². The number of benzene rings is 1. The van der Waals surface area contributed by atoms with Crippen LogP contribution in [0.4, 0.5) is 14.7 Å². The first-order chi connectivity index (χ1) is 10.6. The van der Waals surface area contributed by atoms with E-state index in [0.29, 0.717) is 30.4 Å². The Morgan fingerprint density at radius 3 is 2.82 bits per heavy atom. The average Bonchev–Trinajstić information content (AvgIpc) is 2.92. The topological polar surface area (TPSA) is 58.5 Å². The van der Waals surface area contributed by atoms with Crippen molar-refractivity contribution in [3.63, 3.8) is 0 Å². The highest BCUT2D eigenvalue weighted by Gasteiger charge is 2.34. The van der Waals surface area contributed by atoms with Crippen LogP contribution in [-0.4, -0.2) is 34.8 Å². The van der Waals surface area contributed by atoms with E-state index in [9.17, 15) is 13.9 Å². The fourth-order valence-corrected chi connectivity index (χ4v) is 2.65. The molecule has 0 amide bonds. The number of anilines is 1. The molecular formula is C15H15F2N3O2. The number of rotatable bonds is 3. The minimum absolute atomic E-state index is 0.316. The van der Waals surface area contributed by atoms with Gasteiger partial charge in [0, 0.05) is 18.8 Å². The highest BCUT2D eigenvalue weighted by atomic mass is 19.2. The zero-order chi connectivity index (χ0) is 15.7. The molecule has 3 rings (SSSR count). The predicted octanol–water partition coefficient (Wildman–Crippen LogP) is 2.08. The molecule has 1 saturated heterocycles. The summed E-state index contributed by atoms with van der Waals surface area (Å²) >= 11 is 0. The van der Waals surface area contributed by atoms with Gasteiger partial charge in [-0.15, -0.1) is 0 Å². The number of hydrogen-bond acceptors (Lipinski definition) is 5. The van der Waals surface area contributed by atoms with Crippen molar-refractivity contribution in [2.24, 2.45) is 0 Å². The summed E-state index contributed by atoms with van der Waals surface area (Å²) in [5.74, 6) is -1.03. The van der Waals surface area contributed by atoms with Gasteiger partial charge in [-0.25, -0.2) is 13.8 Å². The molecule has 0 radical (unpaired) electrons. The maximum Gasteiger partial charge on any atom is 0.229 e. The molecule has 1 aliphatic rings. The summed E-state index contributed by atoms with van der Waals surface area (Å²) in [4.78, 5) is 10.2. The van der Waals surface area contributed by atoms with Crippen molar-refractivity contribution in [2.75, 3.05) is 18.6 Å². The minimum atomic E-state index is -0.912. The summed E-state index contributed by atoms with van der Waals surface area (Å²) < 4.78 is 31.6. The Hall–Kier alpha value is -2.28. The Kier molecular flexibility index (Phi) is 3.89. The first kappa shape index (κ1) is 14.6. The van der Waals surface area contributed by atoms with Crippen LogP contribution in [0.25, 0.3) is 0 Å². The summed E-state index contributed by atoms with van der Waals surface area (Å²) in [5.41, 5.74) is 0.571. The molecule has 2 heterocycles. The molecule has 2 aromatic rings. The van der Waals surface area contributed by atoms with E-state index in [1.165, 1.54) is 13.2 Å². The Morgan fingerprint density at radius 2 is 2.09 bits per heavy atom. The Morgan fingerprint density at radius 1 is 1.27 bits per heavy atom. The largest absolute Gasteiger partial charge is 0.481 e. The van der Waals surface area contributed by atoms with Gasteiger partial charge in [0.25, 0.3) is 0 Å². The molecule has 7 heteroatoms. The van der Waals surface area contributed by atoms with Gasteiger partial charge in [0.2, 0.25) is 11.8 Å². The summed E-state index contributed by atoms with van der Waals surface area (Å²) in [6.07, 6.45) is 1.35. The number of hydrogen-bond donors (Lipinski definition) is 1. The normalized spacial score (nSPS) is 21.2. The van der Waals surface area contributed by atoms with Gasteiger partial charge in [-0.1, -0.05) is 6.07 Å². The predicted molar refractivity (Wildman–Crippen MR) is 75.7 cm³/mol. The molecule has 0 unspecified atom stereocenters. The van der Waals surface area contributed by atoms with Crippen molar-refractivity contribution < 1.29 is 18.6 Å². The molecule has 1 aromatic carbocycles. The molecule has 1 aliphatic heterocycles. The fourth-order valence-electron chi connectivity index (χ4n) is 2.65. The molecule has 2 atom stereocenters. The molecular weight excluding hydrogens is 292 g/mol. The number of aromatic nitrogens is 2. The van der Waals surface area contributed by atoms with Crippen molar-refractivity contribution in [3.8, 4) is 5.88 Å². The fraction of sp³-hybridized carbons (Fsp3) is 0.333. The third kappa shape index (κ3) is 2.71. The first-order valence-electron chi connectivity index (χ1n) is 6.85. The van der Waals surface area contributed by atoms with Crippen molar-refractivity contribution >= 4 is 5.95 Å². The lowest BCUT2D eigenvalue weighted by Gasteiger charge is -2.24. The maximum atomic E-state index is 13.5. The maximum absolute atomic E-state index is 13.5. The summed E-state index contributed by atoms with van der Waals surface area (Å²) in [6, 6.07) is 5.03. The van der Waals surface area contributed by atoms with Crippen LogP contribution in [0.3, 0.4) is 0 Å². The molecule has 0 aliphatic carbocycles. The Bertz CT molecular complexity index is 684. The van der Waals surface area contributed by atoms with Gasteiger partial charge >= 0.3 is 0 Å². The van der Waals surface area contributed by atoms with E-state index in [2.05, 4.69) is 9.97 Å². The second-order valence-electron chi connectivity index (χ2n) is 5.13. The van der Waals surface area contributed by atoms with Crippen LogP contribution in [-0.2, 0) is 0 Å². The van der Waals surface area contributed by atoms with Crippen LogP contribution in [0.2, 0.25) is 0 Å². The lowest BCUT2D eigenvalue weighted by molar-refractivity contribution is 0.194. The van der Waals surface area contributed by atoms with Crippen LogP contribution < -0.4 is 9.64 Å². The lowest BCUT2D eigenvalue weighted by atomic mass is 10.0. The van der Waals surface area contributed by atoms with Gasteiger partial charge in [0.15, 0.2) is 11.6 Å². The van der Waals surface area contributed by atoms with E-state index in [1.54, 1.807) is 17.2 Å². The van der Waals surface area contributed by atoms with Gasteiger partial charge in [-0.3, -0.25) is 0 Å². The quantitative estimate of drug-likeness (QED) is 0.941.